The zero-order chi connectivity index (χ0) is 14.8. The number of nitrogens with zero attached hydrogens (tertiary/aromatic N) is 1. The Morgan fingerprint density at radius 2 is 1.71 bits per heavy atom. The van der Waals surface area contributed by atoms with E-state index < -0.39 is 0 Å². The van der Waals surface area contributed by atoms with Crippen LogP contribution >= 0.6 is 12.4 Å². The fraction of sp³-hybridized carbons (Fsp3) is 0.941. The summed E-state index contributed by atoms with van der Waals surface area (Å²) in [6.07, 6.45) is 7.92. The number of hydrogen-bond acceptors (Lipinski definition) is 2. The number of amides is 1. The Labute approximate surface area is 136 Å². The third-order valence-corrected chi connectivity index (χ3v) is 5.38. The van der Waals surface area contributed by atoms with Gasteiger partial charge in [-0.1, -0.05) is 26.7 Å². The van der Waals surface area contributed by atoms with Crippen LogP contribution in [0.2, 0.25) is 0 Å². The Morgan fingerprint density at radius 3 is 2.14 bits per heavy atom. The molecule has 2 fully saturated rings. The first-order valence-electron chi connectivity index (χ1n) is 8.49. The second kappa shape index (κ2) is 7.82. The lowest BCUT2D eigenvalue weighted by atomic mass is 9.76. The first kappa shape index (κ1) is 18.8. The fourth-order valence-corrected chi connectivity index (χ4v) is 4.30. The number of likely N-dealkylation sites (tertiary alicyclic amines) is 1. The molecule has 0 bridgehead atoms. The van der Waals surface area contributed by atoms with Crippen molar-refractivity contribution in [3.63, 3.8) is 0 Å². The molecular formula is C17H33ClN2O. The predicted octanol–water partition coefficient (Wildman–Crippen LogP) is 3.60. The van der Waals surface area contributed by atoms with Crippen molar-refractivity contribution in [1.82, 2.24) is 4.90 Å². The maximum absolute atomic E-state index is 13.0. The van der Waals surface area contributed by atoms with Crippen LogP contribution < -0.4 is 5.73 Å². The first-order chi connectivity index (χ1) is 9.44. The number of piperidine rings is 1. The minimum atomic E-state index is -0.0324. The minimum absolute atomic E-state index is 0. The molecule has 2 N–H and O–H groups in total. The van der Waals surface area contributed by atoms with Crippen molar-refractivity contribution in [3.8, 4) is 0 Å². The molecule has 1 heterocycles. The third kappa shape index (κ3) is 4.35. The average molecular weight is 317 g/mol. The SMILES string of the molecule is CC(C)CC1(C(=O)N2CCC(C(C)N)CC2)CCCC1.Cl. The third-order valence-electron chi connectivity index (χ3n) is 5.38. The highest BCUT2D eigenvalue weighted by molar-refractivity contribution is 5.85. The summed E-state index contributed by atoms with van der Waals surface area (Å²) in [6.45, 7) is 8.43. The number of hydrogen-bond donors (Lipinski definition) is 1. The molecule has 0 radical (unpaired) electrons. The van der Waals surface area contributed by atoms with Gasteiger partial charge in [0.2, 0.25) is 5.91 Å². The van der Waals surface area contributed by atoms with Crippen LogP contribution in [0.1, 0.15) is 65.7 Å². The molecule has 1 saturated carbocycles. The van der Waals surface area contributed by atoms with E-state index in [4.69, 9.17) is 5.73 Å². The van der Waals surface area contributed by atoms with Crippen LogP contribution in [-0.2, 0) is 4.79 Å². The summed E-state index contributed by atoms with van der Waals surface area (Å²) in [4.78, 5) is 15.2. The van der Waals surface area contributed by atoms with E-state index in [-0.39, 0.29) is 23.9 Å². The van der Waals surface area contributed by atoms with Crippen molar-refractivity contribution < 1.29 is 4.79 Å². The number of carbonyl (C=O) groups excluding carboxylic acids is 1. The van der Waals surface area contributed by atoms with Crippen LogP contribution in [0.4, 0.5) is 0 Å². The van der Waals surface area contributed by atoms with Crippen LogP contribution in [0.5, 0.6) is 0 Å². The smallest absolute Gasteiger partial charge is 0.228 e. The minimum Gasteiger partial charge on any atom is -0.342 e. The van der Waals surface area contributed by atoms with Gasteiger partial charge in [-0.3, -0.25) is 4.79 Å². The number of nitrogens with two attached hydrogens (primary N) is 1. The van der Waals surface area contributed by atoms with Crippen molar-refractivity contribution >= 4 is 18.3 Å². The quantitative estimate of drug-likeness (QED) is 0.861. The molecule has 1 atom stereocenters. The standard InChI is InChI=1S/C17H32N2O.ClH/c1-13(2)12-17(8-4-5-9-17)16(20)19-10-6-15(7-11-19)14(3)18;/h13-15H,4-12,18H2,1-3H3;1H. The molecule has 1 unspecified atom stereocenters. The molecule has 124 valence electrons. The van der Waals surface area contributed by atoms with Crippen molar-refractivity contribution in [2.24, 2.45) is 23.0 Å². The summed E-state index contributed by atoms with van der Waals surface area (Å²) in [5.41, 5.74) is 5.97. The molecule has 0 aromatic rings. The van der Waals surface area contributed by atoms with Gasteiger partial charge in [0.25, 0.3) is 0 Å². The van der Waals surface area contributed by atoms with Gasteiger partial charge in [0.15, 0.2) is 0 Å². The van der Waals surface area contributed by atoms with Crippen molar-refractivity contribution in [2.45, 2.75) is 71.8 Å². The van der Waals surface area contributed by atoms with Crippen molar-refractivity contribution in [2.75, 3.05) is 13.1 Å². The lowest BCUT2D eigenvalue weighted by Crippen LogP contribution is -2.48. The molecule has 2 rings (SSSR count). The molecule has 1 aliphatic heterocycles. The van der Waals surface area contributed by atoms with Gasteiger partial charge in [0.1, 0.15) is 0 Å². The van der Waals surface area contributed by atoms with E-state index >= 15 is 0 Å². The summed E-state index contributed by atoms with van der Waals surface area (Å²) >= 11 is 0. The highest BCUT2D eigenvalue weighted by Crippen LogP contribution is 2.45. The van der Waals surface area contributed by atoms with E-state index in [0.717, 1.165) is 45.2 Å². The zero-order valence-corrected chi connectivity index (χ0v) is 14.8. The Bertz CT molecular complexity index is 330. The second-order valence-corrected chi connectivity index (χ2v) is 7.57. The molecule has 4 heteroatoms. The lowest BCUT2D eigenvalue weighted by Gasteiger charge is -2.40. The molecule has 0 spiro atoms. The van der Waals surface area contributed by atoms with Crippen LogP contribution in [0.15, 0.2) is 0 Å². The molecule has 2 aliphatic rings. The summed E-state index contributed by atoms with van der Waals surface area (Å²) in [5, 5.41) is 0. The second-order valence-electron chi connectivity index (χ2n) is 7.57. The molecule has 1 amide bonds. The van der Waals surface area contributed by atoms with E-state index in [0.29, 0.717) is 17.7 Å². The van der Waals surface area contributed by atoms with Crippen LogP contribution in [-0.4, -0.2) is 29.9 Å². The molecule has 0 aromatic carbocycles. The highest BCUT2D eigenvalue weighted by Gasteiger charge is 2.44. The van der Waals surface area contributed by atoms with E-state index in [1.807, 2.05) is 0 Å². The molecule has 1 aliphatic carbocycles. The Hall–Kier alpha value is -0.280. The molecule has 3 nitrogen and oxygen atoms in total. The summed E-state index contributed by atoms with van der Waals surface area (Å²) < 4.78 is 0. The Morgan fingerprint density at radius 1 is 1.19 bits per heavy atom. The highest BCUT2D eigenvalue weighted by atomic mass is 35.5. The molecular weight excluding hydrogens is 284 g/mol. The summed E-state index contributed by atoms with van der Waals surface area (Å²) in [7, 11) is 0. The normalized spacial score (nSPS) is 24.0. The maximum Gasteiger partial charge on any atom is 0.228 e. The van der Waals surface area contributed by atoms with Crippen LogP contribution in [0, 0.1) is 17.3 Å². The van der Waals surface area contributed by atoms with Crippen molar-refractivity contribution in [1.29, 1.82) is 0 Å². The summed E-state index contributed by atoms with van der Waals surface area (Å²) in [5.74, 6) is 1.66. The molecule has 1 saturated heterocycles. The Balaban J connectivity index is 0.00000220. The summed E-state index contributed by atoms with van der Waals surface area (Å²) in [6, 6.07) is 0.267. The first-order valence-corrected chi connectivity index (χ1v) is 8.49. The fourth-order valence-electron chi connectivity index (χ4n) is 4.30. The van der Waals surface area contributed by atoms with Gasteiger partial charge in [-0.2, -0.15) is 0 Å². The van der Waals surface area contributed by atoms with E-state index in [1.54, 1.807) is 0 Å². The van der Waals surface area contributed by atoms with Crippen LogP contribution in [0.3, 0.4) is 0 Å². The van der Waals surface area contributed by atoms with E-state index in [2.05, 4.69) is 25.7 Å². The topological polar surface area (TPSA) is 46.3 Å². The van der Waals surface area contributed by atoms with Gasteiger partial charge in [-0.15, -0.1) is 12.4 Å². The monoisotopic (exact) mass is 316 g/mol. The number of rotatable bonds is 4. The average Bonchev–Trinajstić information content (AvgIpc) is 2.87. The number of halogens is 1. The number of carbonyl (C=O) groups is 1. The maximum atomic E-state index is 13.0. The van der Waals surface area contributed by atoms with Gasteiger partial charge in [-0.25, -0.2) is 0 Å². The zero-order valence-electron chi connectivity index (χ0n) is 13.9. The van der Waals surface area contributed by atoms with Crippen LogP contribution in [0.25, 0.3) is 0 Å². The largest absolute Gasteiger partial charge is 0.342 e. The van der Waals surface area contributed by atoms with Gasteiger partial charge in [-0.05, 0) is 50.9 Å². The van der Waals surface area contributed by atoms with Gasteiger partial charge in [0, 0.05) is 24.5 Å². The van der Waals surface area contributed by atoms with Gasteiger partial charge < -0.3 is 10.6 Å². The van der Waals surface area contributed by atoms with Gasteiger partial charge in [0.05, 0.1) is 0 Å². The lowest BCUT2D eigenvalue weighted by molar-refractivity contribution is -0.144. The van der Waals surface area contributed by atoms with Gasteiger partial charge >= 0.3 is 0 Å². The predicted molar refractivity (Wildman–Crippen MR) is 90.6 cm³/mol. The van der Waals surface area contributed by atoms with E-state index in [9.17, 15) is 4.79 Å². The van der Waals surface area contributed by atoms with Crippen molar-refractivity contribution in [3.05, 3.63) is 0 Å². The molecule has 21 heavy (non-hydrogen) atoms. The van der Waals surface area contributed by atoms with E-state index in [1.165, 1.54) is 12.8 Å². The Kier molecular flexibility index (Phi) is 6.99. The molecule has 0 aromatic heterocycles.